The van der Waals surface area contributed by atoms with Gasteiger partial charge in [0.05, 0.1) is 19.8 Å². The van der Waals surface area contributed by atoms with Gasteiger partial charge >= 0.3 is 0 Å². The number of anilines is 1. The number of aliphatic hydroxyl groups is 1. The van der Waals surface area contributed by atoms with E-state index in [2.05, 4.69) is 48.0 Å². The summed E-state index contributed by atoms with van der Waals surface area (Å²) in [4.78, 5) is 4.86. The largest absolute Gasteiger partial charge is 0.394 e. The molecule has 0 saturated carbocycles. The summed E-state index contributed by atoms with van der Waals surface area (Å²) in [7, 11) is 2.17. The van der Waals surface area contributed by atoms with Crippen molar-refractivity contribution in [2.75, 3.05) is 44.9 Å². The van der Waals surface area contributed by atoms with Gasteiger partial charge in [-0.2, -0.15) is 0 Å². The van der Waals surface area contributed by atoms with E-state index in [4.69, 9.17) is 9.84 Å². The molecule has 0 amide bonds. The number of ether oxygens (including phenoxy) is 1. The van der Waals surface area contributed by atoms with E-state index >= 15 is 0 Å². The Labute approximate surface area is 122 Å². The zero-order chi connectivity index (χ0) is 14.4. The second-order valence-corrected chi connectivity index (χ2v) is 5.38. The van der Waals surface area contributed by atoms with Crippen LogP contribution in [-0.2, 0) is 11.3 Å². The maximum absolute atomic E-state index is 8.77. The third-order valence-corrected chi connectivity index (χ3v) is 4.01. The molecule has 112 valence electrons. The molecule has 1 heterocycles. The van der Waals surface area contributed by atoms with Gasteiger partial charge in [-0.1, -0.05) is 25.1 Å². The lowest BCUT2D eigenvalue weighted by molar-refractivity contribution is 0.0615. The maximum atomic E-state index is 8.77. The van der Waals surface area contributed by atoms with E-state index in [1.165, 1.54) is 11.3 Å². The van der Waals surface area contributed by atoms with Gasteiger partial charge in [0, 0.05) is 38.4 Å². The van der Waals surface area contributed by atoms with Crippen molar-refractivity contribution >= 4 is 5.69 Å². The number of rotatable bonds is 6. The van der Waals surface area contributed by atoms with Crippen LogP contribution in [0.3, 0.4) is 0 Å². The van der Waals surface area contributed by atoms with Crippen LogP contribution in [0.4, 0.5) is 5.69 Å². The van der Waals surface area contributed by atoms with Gasteiger partial charge in [0.2, 0.25) is 0 Å². The molecule has 0 unspecified atom stereocenters. The van der Waals surface area contributed by atoms with Gasteiger partial charge in [-0.25, -0.2) is 0 Å². The number of fused-ring (bicyclic) bond motifs is 1. The normalized spacial score (nSPS) is 19.8. The predicted octanol–water partition coefficient (Wildman–Crippen LogP) is 1.73. The molecule has 1 aromatic rings. The molecule has 0 spiro atoms. The summed E-state index contributed by atoms with van der Waals surface area (Å²) in [6.07, 6.45) is 1.14. The predicted molar refractivity (Wildman–Crippen MR) is 82.1 cm³/mol. The average Bonchev–Trinajstić information content (AvgIpc) is 2.61. The topological polar surface area (TPSA) is 35.9 Å². The number of nitrogens with zero attached hydrogens (tertiary/aromatic N) is 2. The molecule has 0 aromatic heterocycles. The summed E-state index contributed by atoms with van der Waals surface area (Å²) in [6, 6.07) is 9.18. The Bertz CT molecular complexity index is 411. The molecule has 1 aliphatic rings. The van der Waals surface area contributed by atoms with Gasteiger partial charge in [0.1, 0.15) is 0 Å². The van der Waals surface area contributed by atoms with Crippen molar-refractivity contribution in [2.24, 2.45) is 0 Å². The highest BCUT2D eigenvalue weighted by molar-refractivity contribution is 5.53. The minimum absolute atomic E-state index is 0.1000. The third kappa shape index (κ3) is 3.72. The van der Waals surface area contributed by atoms with Crippen LogP contribution < -0.4 is 4.90 Å². The van der Waals surface area contributed by atoms with Crippen molar-refractivity contribution in [3.05, 3.63) is 29.8 Å². The first-order chi connectivity index (χ1) is 9.76. The van der Waals surface area contributed by atoms with Crippen molar-refractivity contribution in [1.82, 2.24) is 4.90 Å². The fourth-order valence-electron chi connectivity index (χ4n) is 2.89. The lowest BCUT2D eigenvalue weighted by Crippen LogP contribution is -2.41. The molecule has 0 aliphatic carbocycles. The Hall–Kier alpha value is -1.10. The Balaban J connectivity index is 2.06. The van der Waals surface area contributed by atoms with Gasteiger partial charge in [0.25, 0.3) is 0 Å². The first-order valence-corrected chi connectivity index (χ1v) is 7.48. The van der Waals surface area contributed by atoms with Crippen LogP contribution in [0, 0.1) is 0 Å². The zero-order valence-corrected chi connectivity index (χ0v) is 12.6. The van der Waals surface area contributed by atoms with Gasteiger partial charge in [-0.05, 0) is 18.1 Å². The summed E-state index contributed by atoms with van der Waals surface area (Å²) in [6.45, 7) is 6.40. The lowest BCUT2D eigenvalue weighted by atomic mass is 10.1. The third-order valence-electron chi connectivity index (χ3n) is 4.01. The molecule has 4 heteroatoms. The zero-order valence-electron chi connectivity index (χ0n) is 12.6. The van der Waals surface area contributed by atoms with E-state index in [1.54, 1.807) is 0 Å². The fourth-order valence-corrected chi connectivity index (χ4v) is 2.89. The molecule has 1 N–H and O–H groups in total. The minimum atomic E-state index is 0.1000. The molecule has 4 nitrogen and oxygen atoms in total. The summed E-state index contributed by atoms with van der Waals surface area (Å²) >= 11 is 0. The number of aliphatic hydroxyl groups excluding tert-OH is 1. The van der Waals surface area contributed by atoms with Crippen molar-refractivity contribution in [2.45, 2.75) is 25.9 Å². The molecule has 1 aliphatic heterocycles. The molecule has 1 atom stereocenters. The van der Waals surface area contributed by atoms with Crippen LogP contribution in [0.25, 0.3) is 0 Å². The first-order valence-electron chi connectivity index (χ1n) is 7.48. The average molecular weight is 278 g/mol. The highest BCUT2D eigenvalue weighted by Gasteiger charge is 2.24. The van der Waals surface area contributed by atoms with E-state index in [1.807, 2.05) is 0 Å². The van der Waals surface area contributed by atoms with Crippen molar-refractivity contribution in [1.29, 1.82) is 0 Å². The van der Waals surface area contributed by atoms with E-state index in [0.29, 0.717) is 19.3 Å². The molecular formula is C16H26N2O2. The quantitative estimate of drug-likeness (QED) is 0.804. The van der Waals surface area contributed by atoms with Crippen LogP contribution in [0.15, 0.2) is 24.3 Å². The maximum Gasteiger partial charge on any atom is 0.0698 e. The van der Waals surface area contributed by atoms with E-state index in [9.17, 15) is 0 Å². The number of benzene rings is 1. The number of hydrogen-bond acceptors (Lipinski definition) is 4. The van der Waals surface area contributed by atoms with Crippen LogP contribution in [0.1, 0.15) is 18.9 Å². The standard InChI is InChI=1S/C16H26N2O2/c1-3-15-13-17(2)16-7-5-4-6-14(16)12-18(15)8-10-20-11-9-19/h4-7,15,19H,3,8-13H2,1-2H3/t15-/m1/s1. The van der Waals surface area contributed by atoms with Crippen molar-refractivity contribution in [3.63, 3.8) is 0 Å². The molecule has 1 aromatic carbocycles. The molecule has 20 heavy (non-hydrogen) atoms. The van der Waals surface area contributed by atoms with E-state index in [-0.39, 0.29) is 6.61 Å². The Morgan fingerprint density at radius 1 is 1.30 bits per heavy atom. The van der Waals surface area contributed by atoms with Crippen LogP contribution in [-0.4, -0.2) is 56.0 Å². The molecular weight excluding hydrogens is 252 g/mol. The lowest BCUT2D eigenvalue weighted by Gasteiger charge is -2.30. The van der Waals surface area contributed by atoms with E-state index in [0.717, 1.165) is 26.1 Å². The summed E-state index contributed by atoms with van der Waals surface area (Å²) in [5.41, 5.74) is 2.72. The molecule has 0 fully saturated rings. The Morgan fingerprint density at radius 3 is 2.85 bits per heavy atom. The summed E-state index contributed by atoms with van der Waals surface area (Å²) in [5, 5.41) is 8.77. The van der Waals surface area contributed by atoms with Crippen molar-refractivity contribution < 1.29 is 9.84 Å². The molecule has 2 rings (SSSR count). The van der Waals surface area contributed by atoms with Crippen LogP contribution >= 0.6 is 0 Å². The fraction of sp³-hybridized carbons (Fsp3) is 0.625. The second-order valence-electron chi connectivity index (χ2n) is 5.38. The molecule has 0 bridgehead atoms. The molecule has 0 saturated heterocycles. The highest BCUT2D eigenvalue weighted by Crippen LogP contribution is 2.26. The van der Waals surface area contributed by atoms with E-state index < -0.39 is 0 Å². The summed E-state index contributed by atoms with van der Waals surface area (Å²) in [5.74, 6) is 0. The highest BCUT2D eigenvalue weighted by atomic mass is 16.5. The van der Waals surface area contributed by atoms with Crippen LogP contribution in [0.5, 0.6) is 0 Å². The SMILES string of the molecule is CC[C@@H]1CN(C)c2ccccc2CN1CCOCCO. The van der Waals surface area contributed by atoms with Crippen LogP contribution in [0.2, 0.25) is 0 Å². The smallest absolute Gasteiger partial charge is 0.0698 e. The monoisotopic (exact) mass is 278 g/mol. The molecule has 0 radical (unpaired) electrons. The minimum Gasteiger partial charge on any atom is -0.394 e. The van der Waals surface area contributed by atoms with Gasteiger partial charge in [-0.15, -0.1) is 0 Å². The summed E-state index contributed by atoms with van der Waals surface area (Å²) < 4.78 is 5.43. The second kappa shape index (κ2) is 7.62. The van der Waals surface area contributed by atoms with Gasteiger partial charge in [0.15, 0.2) is 0 Å². The van der Waals surface area contributed by atoms with Crippen molar-refractivity contribution in [3.8, 4) is 0 Å². The Morgan fingerprint density at radius 2 is 2.10 bits per heavy atom. The Kier molecular flexibility index (Phi) is 5.83. The number of para-hydroxylation sites is 1. The number of likely N-dealkylation sites (N-methyl/N-ethyl adjacent to an activating group) is 1. The number of hydrogen-bond donors (Lipinski definition) is 1. The van der Waals surface area contributed by atoms with Gasteiger partial charge in [-0.3, -0.25) is 4.90 Å². The van der Waals surface area contributed by atoms with Gasteiger partial charge < -0.3 is 14.7 Å². The first kappa shape index (κ1) is 15.3.